The Kier molecular flexibility index (Phi) is 7.44. The number of nitrogens with zero attached hydrogens (tertiary/aromatic N) is 5. The van der Waals surface area contributed by atoms with Crippen molar-refractivity contribution >= 4 is 12.4 Å². The van der Waals surface area contributed by atoms with Crippen LogP contribution in [0.4, 0.5) is 0 Å². The van der Waals surface area contributed by atoms with Gasteiger partial charge < -0.3 is 24.5 Å². The Labute approximate surface area is 156 Å². The number of carbonyl (C=O) groups excluding carboxylic acids is 1. The summed E-state index contributed by atoms with van der Waals surface area (Å²) in [5, 5.41) is 14.0. The number of amides is 1. The SMILES string of the molecule is CNC(=O)Cc1nc(-c2c(C)ncn2C)n(CC2COCCO2)n1.O=CO. The molecule has 1 atom stereocenters. The monoisotopic (exact) mass is 380 g/mol. The number of rotatable bonds is 5. The van der Waals surface area contributed by atoms with Crippen molar-refractivity contribution in [2.75, 3.05) is 26.9 Å². The molecule has 1 amide bonds. The van der Waals surface area contributed by atoms with Gasteiger partial charge in [0.1, 0.15) is 11.8 Å². The summed E-state index contributed by atoms with van der Waals surface area (Å²) >= 11 is 0. The van der Waals surface area contributed by atoms with E-state index in [0.29, 0.717) is 38.0 Å². The molecule has 2 aromatic heterocycles. The lowest BCUT2D eigenvalue weighted by molar-refractivity contribution is -0.123. The average Bonchev–Trinajstić information content (AvgIpc) is 3.18. The molecule has 1 unspecified atom stereocenters. The Bertz CT molecular complexity index is 746. The molecule has 11 nitrogen and oxygen atoms in total. The first kappa shape index (κ1) is 20.5. The molecule has 0 saturated carbocycles. The van der Waals surface area contributed by atoms with Gasteiger partial charge in [0, 0.05) is 14.1 Å². The maximum atomic E-state index is 11.6. The van der Waals surface area contributed by atoms with E-state index in [-0.39, 0.29) is 24.9 Å². The maximum Gasteiger partial charge on any atom is 0.290 e. The van der Waals surface area contributed by atoms with E-state index in [2.05, 4.69) is 20.4 Å². The van der Waals surface area contributed by atoms with E-state index >= 15 is 0 Å². The normalized spacial score (nSPS) is 16.3. The fourth-order valence-corrected chi connectivity index (χ4v) is 2.70. The number of nitrogens with one attached hydrogen (secondary N) is 1. The predicted molar refractivity (Wildman–Crippen MR) is 94.0 cm³/mol. The van der Waals surface area contributed by atoms with Gasteiger partial charge in [-0.25, -0.2) is 14.6 Å². The smallest absolute Gasteiger partial charge is 0.290 e. The van der Waals surface area contributed by atoms with Crippen molar-refractivity contribution in [1.82, 2.24) is 29.6 Å². The summed E-state index contributed by atoms with van der Waals surface area (Å²) in [6, 6.07) is 0. The summed E-state index contributed by atoms with van der Waals surface area (Å²) in [5.41, 5.74) is 1.74. The molecule has 2 N–H and O–H groups in total. The molecule has 0 aliphatic carbocycles. The van der Waals surface area contributed by atoms with E-state index in [9.17, 15) is 4.79 Å². The number of carboxylic acid groups (broad SMARTS) is 1. The summed E-state index contributed by atoms with van der Waals surface area (Å²) in [4.78, 5) is 28.9. The Morgan fingerprint density at radius 1 is 1.48 bits per heavy atom. The van der Waals surface area contributed by atoms with E-state index in [1.165, 1.54) is 0 Å². The van der Waals surface area contributed by atoms with Crippen LogP contribution in [0.2, 0.25) is 0 Å². The lowest BCUT2D eigenvalue weighted by atomic mass is 10.3. The van der Waals surface area contributed by atoms with Crippen LogP contribution in [0.3, 0.4) is 0 Å². The average molecular weight is 380 g/mol. The van der Waals surface area contributed by atoms with Gasteiger partial charge in [-0.2, -0.15) is 5.10 Å². The van der Waals surface area contributed by atoms with Crippen LogP contribution in [-0.2, 0) is 39.1 Å². The minimum absolute atomic E-state index is 0.0828. The van der Waals surface area contributed by atoms with E-state index in [0.717, 1.165) is 11.4 Å². The zero-order valence-electron chi connectivity index (χ0n) is 15.6. The van der Waals surface area contributed by atoms with Crippen molar-refractivity contribution in [3.63, 3.8) is 0 Å². The van der Waals surface area contributed by atoms with Gasteiger partial charge in [-0.05, 0) is 6.92 Å². The molecule has 11 heteroatoms. The second-order valence-corrected chi connectivity index (χ2v) is 5.85. The van der Waals surface area contributed by atoms with E-state index in [4.69, 9.17) is 19.4 Å². The number of imidazole rings is 1. The molecule has 3 rings (SSSR count). The van der Waals surface area contributed by atoms with E-state index in [1.54, 1.807) is 18.1 Å². The Morgan fingerprint density at radius 3 is 2.78 bits per heavy atom. The third-order valence-corrected chi connectivity index (χ3v) is 3.91. The minimum atomic E-state index is -0.250. The van der Waals surface area contributed by atoms with Crippen LogP contribution in [0.1, 0.15) is 11.5 Å². The molecule has 148 valence electrons. The van der Waals surface area contributed by atoms with Gasteiger partial charge in [0.25, 0.3) is 6.47 Å². The van der Waals surface area contributed by atoms with Crippen molar-refractivity contribution in [3.05, 3.63) is 17.8 Å². The topological polar surface area (TPSA) is 133 Å². The number of hydrogen-bond acceptors (Lipinski definition) is 7. The minimum Gasteiger partial charge on any atom is -0.483 e. The van der Waals surface area contributed by atoms with Crippen molar-refractivity contribution in [2.24, 2.45) is 7.05 Å². The number of ether oxygens (including phenoxy) is 2. The van der Waals surface area contributed by atoms with Crippen molar-refractivity contribution in [2.45, 2.75) is 26.0 Å². The van der Waals surface area contributed by atoms with Gasteiger partial charge in [0.2, 0.25) is 5.91 Å². The quantitative estimate of drug-likeness (QED) is 0.657. The van der Waals surface area contributed by atoms with Crippen LogP contribution >= 0.6 is 0 Å². The Hall–Kier alpha value is -2.79. The highest BCUT2D eigenvalue weighted by Crippen LogP contribution is 2.21. The second-order valence-electron chi connectivity index (χ2n) is 5.85. The van der Waals surface area contributed by atoms with Crippen LogP contribution in [0.15, 0.2) is 6.33 Å². The summed E-state index contributed by atoms with van der Waals surface area (Å²) in [6.07, 6.45) is 1.79. The Balaban J connectivity index is 0.000000817. The molecule has 27 heavy (non-hydrogen) atoms. The van der Waals surface area contributed by atoms with Crippen LogP contribution in [0, 0.1) is 6.92 Å². The van der Waals surface area contributed by atoms with Gasteiger partial charge >= 0.3 is 0 Å². The van der Waals surface area contributed by atoms with Gasteiger partial charge in [0.15, 0.2) is 11.6 Å². The number of aryl methyl sites for hydroxylation is 2. The highest BCUT2D eigenvalue weighted by molar-refractivity contribution is 5.77. The zero-order chi connectivity index (χ0) is 19.8. The molecule has 0 spiro atoms. The lowest BCUT2D eigenvalue weighted by Gasteiger charge is -2.23. The summed E-state index contributed by atoms with van der Waals surface area (Å²) in [6.45, 7) is 3.90. The maximum absolute atomic E-state index is 11.6. The molecule has 2 aromatic rings. The summed E-state index contributed by atoms with van der Waals surface area (Å²) < 4.78 is 14.8. The number of hydrogen-bond donors (Lipinski definition) is 2. The van der Waals surface area contributed by atoms with Crippen LogP contribution < -0.4 is 5.32 Å². The van der Waals surface area contributed by atoms with Crippen molar-refractivity contribution < 1.29 is 24.2 Å². The standard InChI is InChI=1S/C15H22N6O3.CH2O2/c1-10-14(20(3)9-17-10)15-18-12(6-13(22)16-2)19-21(15)7-11-8-23-4-5-24-11;2-1-3/h9,11H,4-8H2,1-3H3,(H,16,22);1H,(H,2,3). The first-order valence-electron chi connectivity index (χ1n) is 8.39. The van der Waals surface area contributed by atoms with Gasteiger partial charge in [-0.15, -0.1) is 0 Å². The van der Waals surface area contributed by atoms with Crippen molar-refractivity contribution in [3.8, 4) is 11.5 Å². The molecule has 1 saturated heterocycles. The molecule has 1 aliphatic rings. The van der Waals surface area contributed by atoms with Gasteiger partial charge in [-0.1, -0.05) is 0 Å². The van der Waals surface area contributed by atoms with Gasteiger partial charge in [0.05, 0.1) is 44.8 Å². The van der Waals surface area contributed by atoms with Crippen LogP contribution in [-0.4, -0.2) is 74.8 Å². The summed E-state index contributed by atoms with van der Waals surface area (Å²) in [7, 11) is 3.51. The number of aromatic nitrogens is 5. The molecule has 1 aliphatic heterocycles. The van der Waals surface area contributed by atoms with Crippen LogP contribution in [0.5, 0.6) is 0 Å². The zero-order valence-corrected chi connectivity index (χ0v) is 15.6. The largest absolute Gasteiger partial charge is 0.483 e. The lowest BCUT2D eigenvalue weighted by Crippen LogP contribution is -2.33. The fourth-order valence-electron chi connectivity index (χ4n) is 2.70. The third kappa shape index (κ3) is 5.34. The molecule has 0 aromatic carbocycles. The highest BCUT2D eigenvalue weighted by Gasteiger charge is 2.22. The highest BCUT2D eigenvalue weighted by atomic mass is 16.6. The first-order valence-corrected chi connectivity index (χ1v) is 8.39. The summed E-state index contributed by atoms with van der Waals surface area (Å²) in [5.74, 6) is 1.03. The predicted octanol–water partition coefficient (Wildman–Crippen LogP) is -0.608. The second kappa shape index (κ2) is 9.78. The Morgan fingerprint density at radius 2 is 2.22 bits per heavy atom. The van der Waals surface area contributed by atoms with E-state index < -0.39 is 0 Å². The third-order valence-electron chi connectivity index (χ3n) is 3.91. The number of likely N-dealkylation sites (N-methyl/N-ethyl adjacent to an activating group) is 1. The molecule has 0 bridgehead atoms. The van der Waals surface area contributed by atoms with E-state index in [1.807, 2.05) is 18.5 Å². The molecule has 1 fully saturated rings. The van der Waals surface area contributed by atoms with Crippen LogP contribution in [0.25, 0.3) is 11.5 Å². The molecular weight excluding hydrogens is 356 g/mol. The molecular formula is C16H24N6O5. The molecule has 0 radical (unpaired) electrons. The van der Waals surface area contributed by atoms with Crippen molar-refractivity contribution in [1.29, 1.82) is 0 Å². The first-order chi connectivity index (χ1) is 13.0. The van der Waals surface area contributed by atoms with Gasteiger partial charge in [-0.3, -0.25) is 9.59 Å². The number of carbonyl (C=O) groups is 2. The fraction of sp³-hybridized carbons (Fsp3) is 0.562. The molecule has 3 heterocycles.